The number of nitro groups is 1. The van der Waals surface area contributed by atoms with Crippen molar-refractivity contribution >= 4 is 35.0 Å². The van der Waals surface area contributed by atoms with Crippen LogP contribution in [0.25, 0.3) is 0 Å². The first-order valence-corrected chi connectivity index (χ1v) is 10.7. The molecular weight excluding hydrogens is 440 g/mol. The first kappa shape index (κ1) is 21.3. The Labute approximate surface area is 193 Å². The molecule has 3 N–H and O–H groups in total. The molecule has 3 heterocycles. The van der Waals surface area contributed by atoms with Crippen molar-refractivity contribution in [2.75, 3.05) is 22.1 Å². The third-order valence-corrected chi connectivity index (χ3v) is 6.04. The van der Waals surface area contributed by atoms with Crippen LogP contribution in [-0.4, -0.2) is 33.3 Å². The highest BCUT2D eigenvalue weighted by Crippen LogP contribution is 2.32. The lowest BCUT2D eigenvalue weighted by molar-refractivity contribution is -0.383. The van der Waals surface area contributed by atoms with Crippen LogP contribution in [0.5, 0.6) is 0 Å². The maximum atomic E-state index is 13.1. The summed E-state index contributed by atoms with van der Waals surface area (Å²) in [4.78, 5) is 58.2. The number of nitrogens with zero attached hydrogens (tertiary/aromatic N) is 3. The third-order valence-electron chi connectivity index (χ3n) is 6.04. The standard InChI is InChI=1S/C23H20N6O5/c30-18-11-15(21(31)24-16-7-3-4-8-17(16)29(33)34)19-20(25-18)26-23(27-22(19)32)28-10-9-13-5-1-2-6-14(13)12-28/h1-8,15H,9-12H2,(H,24,31)(H2,25,26,27,30,32)/t15-/m0/s1. The minimum absolute atomic E-state index is 0.0157. The van der Waals surface area contributed by atoms with Crippen LogP contribution in [0.4, 0.5) is 23.1 Å². The Bertz CT molecular complexity index is 1380. The van der Waals surface area contributed by atoms with Gasteiger partial charge in [0.25, 0.3) is 11.2 Å². The van der Waals surface area contributed by atoms with Gasteiger partial charge in [-0.15, -0.1) is 0 Å². The molecule has 2 amide bonds. The molecule has 11 heteroatoms. The number of aromatic nitrogens is 2. The summed E-state index contributed by atoms with van der Waals surface area (Å²) in [5, 5.41) is 16.3. The fourth-order valence-corrected chi connectivity index (χ4v) is 4.37. The number of nitro benzene ring substituents is 1. The van der Waals surface area contributed by atoms with Crippen molar-refractivity contribution in [2.45, 2.75) is 25.3 Å². The minimum atomic E-state index is -1.14. The quantitative estimate of drug-likeness (QED) is 0.399. The molecule has 0 radical (unpaired) electrons. The summed E-state index contributed by atoms with van der Waals surface area (Å²) in [6, 6.07) is 13.7. The molecule has 5 rings (SSSR count). The second kappa shape index (κ2) is 8.43. The van der Waals surface area contributed by atoms with Crippen molar-refractivity contribution in [2.24, 2.45) is 0 Å². The number of hydrogen-bond donors (Lipinski definition) is 3. The number of anilines is 3. The molecule has 1 aromatic heterocycles. The number of carbonyl (C=O) groups excluding carboxylic acids is 2. The highest BCUT2D eigenvalue weighted by atomic mass is 16.6. The predicted octanol–water partition coefficient (Wildman–Crippen LogP) is 2.31. The molecule has 0 unspecified atom stereocenters. The Morgan fingerprint density at radius 3 is 2.65 bits per heavy atom. The van der Waals surface area contributed by atoms with E-state index >= 15 is 0 Å². The maximum absolute atomic E-state index is 13.1. The van der Waals surface area contributed by atoms with Crippen molar-refractivity contribution in [3.63, 3.8) is 0 Å². The van der Waals surface area contributed by atoms with E-state index in [1.165, 1.54) is 23.8 Å². The van der Waals surface area contributed by atoms with E-state index in [9.17, 15) is 24.5 Å². The smallest absolute Gasteiger partial charge is 0.292 e. The topological polar surface area (TPSA) is 150 Å². The average Bonchev–Trinajstić information content (AvgIpc) is 2.83. The van der Waals surface area contributed by atoms with Gasteiger partial charge in [0.2, 0.25) is 17.8 Å². The van der Waals surface area contributed by atoms with Crippen LogP contribution in [0.3, 0.4) is 0 Å². The summed E-state index contributed by atoms with van der Waals surface area (Å²) < 4.78 is 0. The van der Waals surface area contributed by atoms with Crippen LogP contribution in [0.2, 0.25) is 0 Å². The molecule has 0 saturated heterocycles. The number of rotatable bonds is 4. The minimum Gasteiger partial charge on any atom is -0.338 e. The van der Waals surface area contributed by atoms with Crippen LogP contribution < -0.4 is 21.1 Å². The molecule has 2 aromatic carbocycles. The normalized spacial score (nSPS) is 16.8. The molecule has 2 aliphatic heterocycles. The lowest BCUT2D eigenvalue weighted by Gasteiger charge is -2.30. The first-order chi connectivity index (χ1) is 16.4. The highest BCUT2D eigenvalue weighted by molar-refractivity contribution is 6.05. The molecule has 0 saturated carbocycles. The summed E-state index contributed by atoms with van der Waals surface area (Å²) in [6.07, 6.45) is 0.505. The van der Waals surface area contributed by atoms with Gasteiger partial charge < -0.3 is 15.5 Å². The van der Waals surface area contributed by atoms with Crippen molar-refractivity contribution < 1.29 is 14.5 Å². The van der Waals surface area contributed by atoms with E-state index in [0.717, 1.165) is 12.0 Å². The van der Waals surface area contributed by atoms with Gasteiger partial charge in [-0.2, -0.15) is 4.98 Å². The molecule has 2 aliphatic rings. The number of carbonyl (C=O) groups is 2. The van der Waals surface area contributed by atoms with E-state index in [1.807, 2.05) is 23.1 Å². The molecule has 0 spiro atoms. The number of para-hydroxylation sites is 2. The van der Waals surface area contributed by atoms with Gasteiger partial charge in [-0.3, -0.25) is 29.5 Å². The number of hydrogen-bond acceptors (Lipinski definition) is 7. The average molecular weight is 460 g/mol. The third kappa shape index (κ3) is 3.87. The fourth-order valence-electron chi connectivity index (χ4n) is 4.37. The molecule has 11 nitrogen and oxygen atoms in total. The number of H-pyrrole nitrogens is 1. The Morgan fingerprint density at radius 1 is 1.12 bits per heavy atom. The van der Waals surface area contributed by atoms with E-state index in [4.69, 9.17) is 0 Å². The number of fused-ring (bicyclic) bond motifs is 2. The molecule has 1 atom stereocenters. The Balaban J connectivity index is 1.46. The SMILES string of the molecule is O=C1C[C@H](C(=O)Nc2ccccc2[N+](=O)[O-])c2c(nc(N3CCc4ccccc4C3)[nH]c2=O)N1. The van der Waals surface area contributed by atoms with Gasteiger partial charge in [-0.1, -0.05) is 36.4 Å². The van der Waals surface area contributed by atoms with Crippen LogP contribution in [-0.2, 0) is 22.6 Å². The highest BCUT2D eigenvalue weighted by Gasteiger charge is 2.36. The van der Waals surface area contributed by atoms with Gasteiger partial charge in [0.05, 0.1) is 16.4 Å². The summed E-state index contributed by atoms with van der Waals surface area (Å²) in [6.45, 7) is 1.18. The van der Waals surface area contributed by atoms with E-state index in [-0.39, 0.29) is 29.2 Å². The second-order valence-electron chi connectivity index (χ2n) is 8.16. The monoisotopic (exact) mass is 460 g/mol. The largest absolute Gasteiger partial charge is 0.338 e. The van der Waals surface area contributed by atoms with Gasteiger partial charge in [0.1, 0.15) is 11.5 Å². The van der Waals surface area contributed by atoms with Gasteiger partial charge in [-0.25, -0.2) is 0 Å². The predicted molar refractivity (Wildman–Crippen MR) is 124 cm³/mol. The molecule has 34 heavy (non-hydrogen) atoms. The van der Waals surface area contributed by atoms with Gasteiger partial charge in [-0.05, 0) is 23.6 Å². The zero-order valence-corrected chi connectivity index (χ0v) is 17.9. The van der Waals surface area contributed by atoms with Crippen molar-refractivity contribution in [3.8, 4) is 0 Å². The second-order valence-corrected chi connectivity index (χ2v) is 8.16. The molecule has 0 fully saturated rings. The van der Waals surface area contributed by atoms with Gasteiger partial charge in [0.15, 0.2) is 0 Å². The van der Waals surface area contributed by atoms with Crippen LogP contribution in [0.15, 0.2) is 53.3 Å². The van der Waals surface area contributed by atoms with Gasteiger partial charge >= 0.3 is 0 Å². The Hall–Kier alpha value is -4.54. The van der Waals surface area contributed by atoms with E-state index < -0.39 is 28.2 Å². The van der Waals surface area contributed by atoms with Crippen molar-refractivity contribution in [1.29, 1.82) is 0 Å². The van der Waals surface area contributed by atoms with Crippen molar-refractivity contribution in [1.82, 2.24) is 9.97 Å². The fraction of sp³-hybridized carbons (Fsp3) is 0.217. The Morgan fingerprint density at radius 2 is 1.85 bits per heavy atom. The zero-order valence-electron chi connectivity index (χ0n) is 17.9. The number of benzene rings is 2. The van der Waals surface area contributed by atoms with E-state index in [2.05, 4.69) is 26.7 Å². The van der Waals surface area contributed by atoms with Crippen LogP contribution in [0.1, 0.15) is 29.0 Å². The maximum Gasteiger partial charge on any atom is 0.292 e. The zero-order chi connectivity index (χ0) is 23.8. The summed E-state index contributed by atoms with van der Waals surface area (Å²) in [5.74, 6) is -1.98. The number of amides is 2. The Kier molecular flexibility index (Phi) is 5.28. The van der Waals surface area contributed by atoms with Crippen molar-refractivity contribution in [3.05, 3.63) is 85.7 Å². The molecular formula is C23H20N6O5. The van der Waals surface area contributed by atoms with Crippen LogP contribution >= 0.6 is 0 Å². The molecule has 172 valence electrons. The van der Waals surface area contributed by atoms with Crippen LogP contribution in [0, 0.1) is 10.1 Å². The van der Waals surface area contributed by atoms with E-state index in [1.54, 1.807) is 6.07 Å². The number of aromatic amines is 1. The lowest BCUT2D eigenvalue weighted by atomic mass is 9.92. The first-order valence-electron chi connectivity index (χ1n) is 10.7. The summed E-state index contributed by atoms with van der Waals surface area (Å²) in [7, 11) is 0. The van der Waals surface area contributed by atoms with E-state index in [0.29, 0.717) is 19.0 Å². The van der Waals surface area contributed by atoms with Gasteiger partial charge in [0, 0.05) is 25.6 Å². The molecule has 3 aromatic rings. The summed E-state index contributed by atoms with van der Waals surface area (Å²) >= 11 is 0. The molecule has 0 aliphatic carbocycles. The lowest BCUT2D eigenvalue weighted by Crippen LogP contribution is -2.39. The molecule has 0 bridgehead atoms. The number of nitrogens with one attached hydrogen (secondary N) is 3. The summed E-state index contributed by atoms with van der Waals surface area (Å²) in [5.41, 5.74) is 1.54.